The van der Waals surface area contributed by atoms with E-state index in [2.05, 4.69) is 40.5 Å². The Kier molecular flexibility index (Phi) is 4.28. The van der Waals surface area contributed by atoms with Crippen molar-refractivity contribution in [1.82, 2.24) is 9.36 Å². The van der Waals surface area contributed by atoms with Crippen LogP contribution in [0.4, 0.5) is 5.13 Å². The molecule has 0 amide bonds. The van der Waals surface area contributed by atoms with Crippen LogP contribution in [0.3, 0.4) is 0 Å². The van der Waals surface area contributed by atoms with Crippen LogP contribution in [0.1, 0.15) is 17.2 Å². The van der Waals surface area contributed by atoms with E-state index in [1.807, 2.05) is 30.3 Å². The second kappa shape index (κ2) is 6.71. The lowest BCUT2D eigenvalue weighted by atomic mass is 10.0. The van der Waals surface area contributed by atoms with Crippen molar-refractivity contribution in [1.29, 1.82) is 0 Å². The van der Waals surface area contributed by atoms with Gasteiger partial charge in [-0.3, -0.25) is 0 Å². The summed E-state index contributed by atoms with van der Waals surface area (Å²) in [7, 11) is 0. The number of hydrogen-bond acceptors (Lipinski definition) is 5. The van der Waals surface area contributed by atoms with Gasteiger partial charge in [0.1, 0.15) is 6.10 Å². The van der Waals surface area contributed by atoms with Crippen molar-refractivity contribution in [2.24, 2.45) is 0 Å². The van der Waals surface area contributed by atoms with Crippen molar-refractivity contribution in [3.63, 3.8) is 0 Å². The standard InChI is InChI=1S/C19H19N3OS/c1-14-7-5-6-10-16(14)17-13-22(11-12-23-17)19-20-18(21-24-19)15-8-3-2-4-9-15/h2-10,17H,11-13H2,1H3. The van der Waals surface area contributed by atoms with Gasteiger partial charge in [-0.1, -0.05) is 54.6 Å². The fourth-order valence-electron chi connectivity index (χ4n) is 3.01. The van der Waals surface area contributed by atoms with Gasteiger partial charge in [-0.2, -0.15) is 9.36 Å². The summed E-state index contributed by atoms with van der Waals surface area (Å²) in [5.74, 6) is 0.800. The van der Waals surface area contributed by atoms with Crippen LogP contribution in [0.25, 0.3) is 11.4 Å². The highest BCUT2D eigenvalue weighted by Gasteiger charge is 2.25. The molecular formula is C19H19N3OS. The van der Waals surface area contributed by atoms with Gasteiger partial charge in [-0.05, 0) is 18.1 Å². The van der Waals surface area contributed by atoms with Crippen LogP contribution in [0.5, 0.6) is 0 Å². The number of aryl methyl sites for hydroxylation is 1. The molecule has 1 unspecified atom stereocenters. The molecular weight excluding hydrogens is 318 g/mol. The minimum atomic E-state index is 0.0871. The first-order chi connectivity index (χ1) is 11.8. The first-order valence-electron chi connectivity index (χ1n) is 8.12. The van der Waals surface area contributed by atoms with Gasteiger partial charge in [0.2, 0.25) is 5.13 Å². The molecule has 1 fully saturated rings. The van der Waals surface area contributed by atoms with Gasteiger partial charge >= 0.3 is 0 Å². The zero-order valence-electron chi connectivity index (χ0n) is 13.6. The summed E-state index contributed by atoms with van der Waals surface area (Å²) in [6.07, 6.45) is 0.0871. The number of benzene rings is 2. The fraction of sp³-hybridized carbons (Fsp3) is 0.263. The summed E-state index contributed by atoms with van der Waals surface area (Å²) in [5, 5.41) is 0.968. The van der Waals surface area contributed by atoms with Gasteiger partial charge in [0.15, 0.2) is 5.82 Å². The molecule has 2 aromatic carbocycles. The first kappa shape index (κ1) is 15.3. The summed E-state index contributed by atoms with van der Waals surface area (Å²) in [6.45, 7) is 4.51. The molecule has 1 saturated heterocycles. The molecule has 24 heavy (non-hydrogen) atoms. The lowest BCUT2D eigenvalue weighted by Crippen LogP contribution is -2.38. The summed E-state index contributed by atoms with van der Waals surface area (Å²) >= 11 is 1.46. The molecule has 4 rings (SSSR count). The molecule has 1 aromatic heterocycles. The topological polar surface area (TPSA) is 38.2 Å². The number of morpholine rings is 1. The minimum Gasteiger partial charge on any atom is -0.370 e. The SMILES string of the molecule is Cc1ccccc1C1CN(c2nc(-c3ccccc3)ns2)CCO1. The molecule has 1 aliphatic rings. The number of nitrogens with zero attached hydrogens (tertiary/aromatic N) is 3. The van der Waals surface area contributed by atoms with Gasteiger partial charge < -0.3 is 9.64 Å². The molecule has 0 aliphatic carbocycles. The molecule has 122 valence electrons. The van der Waals surface area contributed by atoms with Crippen LogP contribution >= 0.6 is 11.5 Å². The van der Waals surface area contributed by atoms with E-state index in [9.17, 15) is 0 Å². The van der Waals surface area contributed by atoms with Crippen molar-refractivity contribution in [2.75, 3.05) is 24.6 Å². The molecule has 0 N–H and O–H groups in total. The molecule has 4 nitrogen and oxygen atoms in total. The third-order valence-electron chi connectivity index (χ3n) is 4.32. The monoisotopic (exact) mass is 337 g/mol. The molecule has 1 aliphatic heterocycles. The Morgan fingerprint density at radius 2 is 1.88 bits per heavy atom. The van der Waals surface area contributed by atoms with Crippen LogP contribution in [0.2, 0.25) is 0 Å². The highest BCUT2D eigenvalue weighted by molar-refractivity contribution is 7.09. The Morgan fingerprint density at radius 3 is 2.71 bits per heavy atom. The lowest BCUT2D eigenvalue weighted by Gasteiger charge is -2.33. The van der Waals surface area contributed by atoms with Crippen LogP contribution in [-0.4, -0.2) is 29.1 Å². The van der Waals surface area contributed by atoms with Gasteiger partial charge in [0.25, 0.3) is 0 Å². The first-order valence-corrected chi connectivity index (χ1v) is 8.90. The number of ether oxygens (including phenoxy) is 1. The van der Waals surface area contributed by atoms with E-state index in [4.69, 9.17) is 9.72 Å². The molecule has 0 spiro atoms. The lowest BCUT2D eigenvalue weighted by molar-refractivity contribution is 0.0394. The summed E-state index contributed by atoms with van der Waals surface area (Å²) < 4.78 is 10.5. The van der Waals surface area contributed by atoms with Crippen molar-refractivity contribution < 1.29 is 4.74 Å². The minimum absolute atomic E-state index is 0.0871. The third-order valence-corrected chi connectivity index (χ3v) is 5.10. The maximum atomic E-state index is 6.00. The second-order valence-corrected chi connectivity index (χ2v) is 6.66. The molecule has 2 heterocycles. The van der Waals surface area contributed by atoms with Crippen LogP contribution in [0.15, 0.2) is 54.6 Å². The van der Waals surface area contributed by atoms with Crippen molar-refractivity contribution in [2.45, 2.75) is 13.0 Å². The van der Waals surface area contributed by atoms with Gasteiger partial charge in [0.05, 0.1) is 13.2 Å². The van der Waals surface area contributed by atoms with E-state index in [0.29, 0.717) is 6.61 Å². The molecule has 1 atom stereocenters. The van der Waals surface area contributed by atoms with Gasteiger partial charge in [-0.15, -0.1) is 0 Å². The number of hydrogen-bond donors (Lipinski definition) is 0. The number of aromatic nitrogens is 2. The maximum absolute atomic E-state index is 6.00. The average molecular weight is 337 g/mol. The van der Waals surface area contributed by atoms with E-state index in [-0.39, 0.29) is 6.10 Å². The van der Waals surface area contributed by atoms with E-state index in [0.717, 1.165) is 29.6 Å². The Hall–Kier alpha value is -2.24. The second-order valence-electron chi connectivity index (χ2n) is 5.93. The van der Waals surface area contributed by atoms with E-state index in [1.54, 1.807) is 0 Å². The Morgan fingerprint density at radius 1 is 1.08 bits per heavy atom. The zero-order chi connectivity index (χ0) is 16.4. The molecule has 3 aromatic rings. The predicted molar refractivity (Wildman–Crippen MR) is 97.4 cm³/mol. The summed E-state index contributed by atoms with van der Waals surface area (Å²) in [6, 6.07) is 18.5. The van der Waals surface area contributed by atoms with E-state index >= 15 is 0 Å². The quantitative estimate of drug-likeness (QED) is 0.721. The fourth-order valence-corrected chi connectivity index (χ4v) is 3.73. The normalized spacial score (nSPS) is 17.9. The van der Waals surface area contributed by atoms with Crippen molar-refractivity contribution >= 4 is 16.7 Å². The Bertz CT molecular complexity index is 818. The molecule has 0 saturated carbocycles. The van der Waals surface area contributed by atoms with Gasteiger partial charge in [-0.25, -0.2) is 0 Å². The van der Waals surface area contributed by atoms with Gasteiger partial charge in [0, 0.05) is 23.6 Å². The van der Waals surface area contributed by atoms with Crippen LogP contribution in [-0.2, 0) is 4.74 Å². The van der Waals surface area contributed by atoms with Crippen molar-refractivity contribution in [3.05, 3.63) is 65.7 Å². The van der Waals surface area contributed by atoms with E-state index in [1.165, 1.54) is 22.7 Å². The van der Waals surface area contributed by atoms with E-state index < -0.39 is 0 Å². The smallest absolute Gasteiger partial charge is 0.205 e. The number of rotatable bonds is 3. The Balaban J connectivity index is 1.55. The molecule has 0 bridgehead atoms. The average Bonchev–Trinajstić information content (AvgIpc) is 3.13. The number of anilines is 1. The third kappa shape index (κ3) is 3.05. The molecule has 5 heteroatoms. The highest BCUT2D eigenvalue weighted by atomic mass is 32.1. The highest BCUT2D eigenvalue weighted by Crippen LogP contribution is 2.30. The predicted octanol–water partition coefficient (Wildman–Crippen LogP) is 4.09. The zero-order valence-corrected chi connectivity index (χ0v) is 14.4. The van der Waals surface area contributed by atoms with Crippen LogP contribution < -0.4 is 4.90 Å². The van der Waals surface area contributed by atoms with Crippen LogP contribution in [0, 0.1) is 6.92 Å². The molecule has 0 radical (unpaired) electrons. The maximum Gasteiger partial charge on any atom is 0.205 e. The summed E-state index contributed by atoms with van der Waals surface area (Å²) in [5.41, 5.74) is 3.59. The summed E-state index contributed by atoms with van der Waals surface area (Å²) in [4.78, 5) is 7.01. The largest absolute Gasteiger partial charge is 0.370 e. The Labute approximate surface area is 145 Å². The van der Waals surface area contributed by atoms with Crippen molar-refractivity contribution in [3.8, 4) is 11.4 Å².